The lowest BCUT2D eigenvalue weighted by molar-refractivity contribution is 0.249. The molecule has 1 atom stereocenters. The van der Waals surface area contributed by atoms with Crippen molar-refractivity contribution in [2.24, 2.45) is 0 Å². The SMILES string of the molecule is COc1ccc(C(C)NC(=O)Nc2ccc(C)cc2)cc1OC. The van der Waals surface area contributed by atoms with Crippen molar-refractivity contribution in [2.75, 3.05) is 19.5 Å². The maximum Gasteiger partial charge on any atom is 0.319 e. The number of aryl methyl sites for hydroxylation is 1. The average molecular weight is 314 g/mol. The van der Waals surface area contributed by atoms with E-state index in [0.29, 0.717) is 11.5 Å². The molecule has 2 N–H and O–H groups in total. The molecule has 0 spiro atoms. The minimum atomic E-state index is -0.254. The minimum Gasteiger partial charge on any atom is -0.493 e. The normalized spacial score (nSPS) is 11.5. The average Bonchev–Trinajstić information content (AvgIpc) is 2.56. The number of carbonyl (C=O) groups excluding carboxylic acids is 1. The van der Waals surface area contributed by atoms with Gasteiger partial charge in [0.15, 0.2) is 11.5 Å². The molecule has 1 unspecified atom stereocenters. The van der Waals surface area contributed by atoms with Crippen LogP contribution in [0.4, 0.5) is 10.5 Å². The predicted octanol–water partition coefficient (Wildman–Crippen LogP) is 3.89. The zero-order valence-electron chi connectivity index (χ0n) is 13.8. The van der Waals surface area contributed by atoms with Crippen LogP contribution in [0.5, 0.6) is 11.5 Å². The zero-order chi connectivity index (χ0) is 16.8. The molecule has 122 valence electrons. The van der Waals surface area contributed by atoms with E-state index in [2.05, 4.69) is 10.6 Å². The summed E-state index contributed by atoms with van der Waals surface area (Å²) in [7, 11) is 3.18. The predicted molar refractivity (Wildman–Crippen MR) is 91.3 cm³/mol. The first-order valence-corrected chi connectivity index (χ1v) is 7.39. The van der Waals surface area contributed by atoms with Crippen LogP contribution in [0.1, 0.15) is 24.1 Å². The second-order valence-electron chi connectivity index (χ2n) is 5.30. The Hall–Kier alpha value is -2.69. The minimum absolute atomic E-state index is 0.166. The number of carbonyl (C=O) groups is 1. The van der Waals surface area contributed by atoms with Crippen LogP contribution in [0.25, 0.3) is 0 Å². The van der Waals surface area contributed by atoms with E-state index in [1.807, 2.05) is 56.3 Å². The van der Waals surface area contributed by atoms with E-state index in [1.165, 1.54) is 0 Å². The van der Waals surface area contributed by atoms with Crippen LogP contribution >= 0.6 is 0 Å². The van der Waals surface area contributed by atoms with Crippen LogP contribution in [-0.4, -0.2) is 20.3 Å². The number of nitrogens with one attached hydrogen (secondary N) is 2. The van der Waals surface area contributed by atoms with Gasteiger partial charge in [0.2, 0.25) is 0 Å². The molecule has 0 heterocycles. The summed E-state index contributed by atoms with van der Waals surface area (Å²) >= 11 is 0. The smallest absolute Gasteiger partial charge is 0.319 e. The number of hydrogen-bond donors (Lipinski definition) is 2. The molecule has 0 bridgehead atoms. The lowest BCUT2D eigenvalue weighted by atomic mass is 10.1. The van der Waals surface area contributed by atoms with E-state index < -0.39 is 0 Å². The van der Waals surface area contributed by atoms with E-state index >= 15 is 0 Å². The van der Waals surface area contributed by atoms with Gasteiger partial charge >= 0.3 is 6.03 Å². The lowest BCUT2D eigenvalue weighted by Gasteiger charge is -2.17. The molecule has 0 aliphatic heterocycles. The molecular weight excluding hydrogens is 292 g/mol. The summed E-state index contributed by atoms with van der Waals surface area (Å²) in [5.41, 5.74) is 2.84. The van der Waals surface area contributed by atoms with Crippen molar-refractivity contribution < 1.29 is 14.3 Å². The second kappa shape index (κ2) is 7.54. The Morgan fingerprint density at radius 2 is 1.65 bits per heavy atom. The summed E-state index contributed by atoms with van der Waals surface area (Å²) < 4.78 is 10.5. The lowest BCUT2D eigenvalue weighted by Crippen LogP contribution is -2.31. The van der Waals surface area contributed by atoms with E-state index in [1.54, 1.807) is 14.2 Å². The highest BCUT2D eigenvalue weighted by Gasteiger charge is 2.12. The molecule has 0 saturated heterocycles. The fraction of sp³-hybridized carbons (Fsp3) is 0.278. The molecule has 0 aliphatic carbocycles. The van der Waals surface area contributed by atoms with Crippen LogP contribution in [0.3, 0.4) is 0 Å². The fourth-order valence-electron chi connectivity index (χ4n) is 2.21. The third-order valence-corrected chi connectivity index (χ3v) is 3.56. The number of hydrogen-bond acceptors (Lipinski definition) is 3. The summed E-state index contributed by atoms with van der Waals surface area (Å²) in [4.78, 5) is 12.1. The van der Waals surface area contributed by atoms with E-state index in [-0.39, 0.29) is 12.1 Å². The number of rotatable bonds is 5. The van der Waals surface area contributed by atoms with Crippen molar-refractivity contribution >= 4 is 11.7 Å². The number of ether oxygens (including phenoxy) is 2. The van der Waals surface area contributed by atoms with E-state index in [4.69, 9.17) is 9.47 Å². The molecule has 5 nitrogen and oxygen atoms in total. The highest BCUT2D eigenvalue weighted by atomic mass is 16.5. The Morgan fingerprint density at radius 1 is 1.00 bits per heavy atom. The summed E-state index contributed by atoms with van der Waals surface area (Å²) in [6.45, 7) is 3.92. The first kappa shape index (κ1) is 16.7. The monoisotopic (exact) mass is 314 g/mol. The van der Waals surface area contributed by atoms with Gasteiger partial charge in [-0.15, -0.1) is 0 Å². The van der Waals surface area contributed by atoms with Crippen molar-refractivity contribution in [2.45, 2.75) is 19.9 Å². The Kier molecular flexibility index (Phi) is 5.46. The Balaban J connectivity index is 2.01. The number of benzene rings is 2. The molecule has 5 heteroatoms. The molecule has 2 amide bonds. The summed E-state index contributed by atoms with van der Waals surface area (Å²) in [5, 5.41) is 5.72. The van der Waals surface area contributed by atoms with Gasteiger partial charge in [-0.2, -0.15) is 0 Å². The third kappa shape index (κ3) is 4.39. The Morgan fingerprint density at radius 3 is 2.26 bits per heavy atom. The van der Waals surface area contributed by atoms with Gasteiger partial charge < -0.3 is 20.1 Å². The van der Waals surface area contributed by atoms with Gasteiger partial charge in [0.1, 0.15) is 0 Å². The van der Waals surface area contributed by atoms with Gasteiger partial charge in [-0.1, -0.05) is 23.8 Å². The highest BCUT2D eigenvalue weighted by molar-refractivity contribution is 5.89. The van der Waals surface area contributed by atoms with Gasteiger partial charge in [0.05, 0.1) is 20.3 Å². The number of urea groups is 1. The summed E-state index contributed by atoms with van der Waals surface area (Å²) in [6.07, 6.45) is 0. The molecule has 23 heavy (non-hydrogen) atoms. The zero-order valence-corrected chi connectivity index (χ0v) is 13.8. The van der Waals surface area contributed by atoms with Gasteiger partial charge in [0.25, 0.3) is 0 Å². The van der Waals surface area contributed by atoms with Crippen LogP contribution in [0, 0.1) is 6.92 Å². The van der Waals surface area contributed by atoms with Crippen molar-refractivity contribution in [3.63, 3.8) is 0 Å². The van der Waals surface area contributed by atoms with Crippen molar-refractivity contribution in [3.05, 3.63) is 53.6 Å². The first-order valence-electron chi connectivity index (χ1n) is 7.39. The number of amides is 2. The molecule has 2 aromatic rings. The quantitative estimate of drug-likeness (QED) is 0.880. The highest BCUT2D eigenvalue weighted by Crippen LogP contribution is 2.29. The molecule has 0 aliphatic rings. The van der Waals surface area contributed by atoms with E-state index in [9.17, 15) is 4.79 Å². The summed E-state index contributed by atoms with van der Waals surface area (Å²) in [5.74, 6) is 1.30. The van der Waals surface area contributed by atoms with Gasteiger partial charge in [0, 0.05) is 5.69 Å². The van der Waals surface area contributed by atoms with Gasteiger partial charge in [-0.3, -0.25) is 0 Å². The van der Waals surface area contributed by atoms with Crippen molar-refractivity contribution in [3.8, 4) is 11.5 Å². The van der Waals surface area contributed by atoms with Crippen molar-refractivity contribution in [1.29, 1.82) is 0 Å². The van der Waals surface area contributed by atoms with Crippen LogP contribution in [0.2, 0.25) is 0 Å². The molecule has 0 fully saturated rings. The Labute approximate surface area is 136 Å². The Bertz CT molecular complexity index is 668. The van der Waals surface area contributed by atoms with Crippen LogP contribution in [0.15, 0.2) is 42.5 Å². The fourth-order valence-corrected chi connectivity index (χ4v) is 2.21. The second-order valence-corrected chi connectivity index (χ2v) is 5.30. The van der Waals surface area contributed by atoms with Crippen molar-refractivity contribution in [1.82, 2.24) is 5.32 Å². The van der Waals surface area contributed by atoms with E-state index in [0.717, 1.165) is 16.8 Å². The summed E-state index contributed by atoms with van der Waals surface area (Å²) in [6, 6.07) is 12.8. The third-order valence-electron chi connectivity index (χ3n) is 3.56. The molecule has 2 aromatic carbocycles. The largest absolute Gasteiger partial charge is 0.493 e. The molecule has 0 saturated carbocycles. The standard InChI is InChI=1S/C18H22N2O3/c1-12-5-8-15(9-6-12)20-18(21)19-13(2)14-7-10-16(22-3)17(11-14)23-4/h5-11,13H,1-4H3,(H2,19,20,21). The number of anilines is 1. The first-order chi connectivity index (χ1) is 11.0. The van der Waals surface area contributed by atoms with Gasteiger partial charge in [-0.05, 0) is 43.7 Å². The maximum absolute atomic E-state index is 12.1. The molecular formula is C18H22N2O3. The molecule has 0 radical (unpaired) electrons. The van der Waals surface area contributed by atoms with Crippen LogP contribution in [-0.2, 0) is 0 Å². The number of methoxy groups -OCH3 is 2. The van der Waals surface area contributed by atoms with Crippen LogP contribution < -0.4 is 20.1 Å². The van der Waals surface area contributed by atoms with Gasteiger partial charge in [-0.25, -0.2) is 4.79 Å². The molecule has 2 rings (SSSR count). The topological polar surface area (TPSA) is 59.6 Å². The molecule has 0 aromatic heterocycles. The maximum atomic E-state index is 12.1.